The van der Waals surface area contributed by atoms with Crippen molar-refractivity contribution in [3.63, 3.8) is 0 Å². The number of rotatable bonds is 0. The van der Waals surface area contributed by atoms with E-state index in [0.717, 1.165) is 26.1 Å². The molecule has 5 N–H and O–H groups in total. The van der Waals surface area contributed by atoms with Crippen molar-refractivity contribution in [1.29, 1.82) is 0 Å². The van der Waals surface area contributed by atoms with Crippen molar-refractivity contribution in [1.82, 2.24) is 6.15 Å². The van der Waals surface area contributed by atoms with Crippen LogP contribution in [0.5, 0.6) is 0 Å². The van der Waals surface area contributed by atoms with Gasteiger partial charge in [-0.1, -0.05) is 0 Å². The van der Waals surface area contributed by atoms with E-state index >= 15 is 0 Å². The first-order valence-corrected chi connectivity index (χ1v) is 2.24. The molecule has 1 saturated heterocycles. The van der Waals surface area contributed by atoms with E-state index in [1.807, 2.05) is 0 Å². The highest BCUT2D eigenvalue weighted by Gasteiger charge is 1.95. The lowest BCUT2D eigenvalue weighted by atomic mass is 10.3. The minimum absolute atomic E-state index is 0. The Bertz CT molecular complexity index is 26.8. The lowest BCUT2D eigenvalue weighted by molar-refractivity contribution is -0.312. The zero-order valence-electron chi connectivity index (χ0n) is 4.85. The summed E-state index contributed by atoms with van der Waals surface area (Å²) in [5.41, 5.74) is 0. The van der Waals surface area contributed by atoms with E-state index in [9.17, 15) is 0 Å². The first-order valence-electron chi connectivity index (χ1n) is 2.24. The molecule has 52 valence electrons. The Kier molecular flexibility index (Phi) is 9.20. The average Bonchev–Trinajstić information content (AvgIpc) is 1.72. The number of hydrogen-bond donors (Lipinski definition) is 1. The summed E-state index contributed by atoms with van der Waals surface area (Å²) in [6.45, 7) is 1.56. The molecule has 0 amide bonds. The lowest BCUT2D eigenvalue weighted by Crippen LogP contribution is -2.05. The van der Waals surface area contributed by atoms with E-state index in [1.54, 1.807) is 0 Å². The van der Waals surface area contributed by atoms with Gasteiger partial charge in [-0.05, 0) is 12.8 Å². The van der Waals surface area contributed by atoms with Gasteiger partial charge in [0.25, 0.3) is 0 Å². The molecule has 0 aromatic heterocycles. The minimum Gasteiger partial charge on any atom is -0.412 e. The Balaban J connectivity index is 0. The number of hydrogen-bond acceptors (Lipinski definition) is 3. The summed E-state index contributed by atoms with van der Waals surface area (Å²) in [4.78, 5) is 9.14. The average molecular weight is 123 g/mol. The first-order chi connectivity index (χ1) is 3.00. The van der Waals surface area contributed by atoms with E-state index in [-0.39, 0.29) is 11.6 Å². The minimum atomic E-state index is 0. The van der Waals surface area contributed by atoms with Crippen LogP contribution in [-0.4, -0.2) is 18.7 Å². The van der Waals surface area contributed by atoms with E-state index in [4.69, 9.17) is 0 Å². The fourth-order valence-electron chi connectivity index (χ4n) is 0.440. The summed E-state index contributed by atoms with van der Waals surface area (Å²) in [6.07, 6.45) is 2.31. The van der Waals surface area contributed by atoms with E-state index in [1.165, 1.54) is 0 Å². The van der Waals surface area contributed by atoms with Gasteiger partial charge in [-0.25, -0.2) is 9.78 Å². The van der Waals surface area contributed by atoms with Crippen molar-refractivity contribution >= 4 is 0 Å². The van der Waals surface area contributed by atoms with Gasteiger partial charge >= 0.3 is 0 Å². The van der Waals surface area contributed by atoms with Gasteiger partial charge in [-0.2, -0.15) is 0 Å². The highest BCUT2D eigenvalue weighted by atomic mass is 17.2. The third-order valence-electron chi connectivity index (χ3n) is 0.789. The van der Waals surface area contributed by atoms with Crippen LogP contribution >= 0.6 is 0 Å². The van der Waals surface area contributed by atoms with Crippen LogP contribution in [0.2, 0.25) is 0 Å². The second-order valence-electron chi connectivity index (χ2n) is 1.35. The van der Waals surface area contributed by atoms with Crippen molar-refractivity contribution in [3.8, 4) is 0 Å². The molecule has 4 nitrogen and oxygen atoms in total. The third kappa shape index (κ3) is 4.01. The predicted octanol–water partition coefficient (Wildman–Crippen LogP) is 0.0657. The largest absolute Gasteiger partial charge is 0.412 e. The van der Waals surface area contributed by atoms with Crippen LogP contribution in [0, 0.1) is 0 Å². The summed E-state index contributed by atoms with van der Waals surface area (Å²) < 4.78 is 0. The standard InChI is InChI=1S/C4H8O2.H3N.H2O/c1-2-4-6-5-3-1;;/h1-4H2;1H3;1H2. The summed E-state index contributed by atoms with van der Waals surface area (Å²) in [5, 5.41) is 0. The maximum absolute atomic E-state index is 4.57. The highest BCUT2D eigenvalue weighted by molar-refractivity contribution is 4.36. The van der Waals surface area contributed by atoms with Gasteiger partial charge in [-0.15, -0.1) is 0 Å². The fourth-order valence-corrected chi connectivity index (χ4v) is 0.440. The van der Waals surface area contributed by atoms with Crippen LogP contribution in [0.3, 0.4) is 0 Å². The van der Waals surface area contributed by atoms with Crippen LogP contribution < -0.4 is 6.15 Å². The van der Waals surface area contributed by atoms with E-state index < -0.39 is 0 Å². The quantitative estimate of drug-likeness (QED) is 0.462. The Hall–Kier alpha value is -0.160. The molecule has 0 spiro atoms. The van der Waals surface area contributed by atoms with Crippen molar-refractivity contribution in [2.45, 2.75) is 12.8 Å². The maximum Gasteiger partial charge on any atom is 0.0823 e. The fraction of sp³-hybridized carbons (Fsp3) is 1.00. The van der Waals surface area contributed by atoms with Crippen LogP contribution in [0.1, 0.15) is 12.8 Å². The van der Waals surface area contributed by atoms with Crippen molar-refractivity contribution in [2.75, 3.05) is 13.2 Å². The van der Waals surface area contributed by atoms with Crippen LogP contribution in [0.15, 0.2) is 0 Å². The van der Waals surface area contributed by atoms with Gasteiger partial charge in [-0.3, -0.25) is 0 Å². The molecule has 1 heterocycles. The Morgan fingerprint density at radius 1 is 0.875 bits per heavy atom. The summed E-state index contributed by atoms with van der Waals surface area (Å²) >= 11 is 0. The SMILES string of the molecule is C1CCOOC1.N.O. The molecule has 1 rings (SSSR count). The second kappa shape index (κ2) is 6.84. The van der Waals surface area contributed by atoms with E-state index in [2.05, 4.69) is 9.78 Å². The molecule has 4 heteroatoms. The van der Waals surface area contributed by atoms with Gasteiger partial charge in [0, 0.05) is 0 Å². The molecule has 0 aromatic rings. The second-order valence-corrected chi connectivity index (χ2v) is 1.35. The molecule has 0 aliphatic carbocycles. The van der Waals surface area contributed by atoms with E-state index in [0.29, 0.717) is 0 Å². The van der Waals surface area contributed by atoms with Gasteiger partial charge < -0.3 is 11.6 Å². The predicted molar refractivity (Wildman–Crippen MR) is 29.8 cm³/mol. The van der Waals surface area contributed by atoms with Gasteiger partial charge in [0.2, 0.25) is 0 Å². The molecule has 0 atom stereocenters. The van der Waals surface area contributed by atoms with Crippen LogP contribution in [-0.2, 0) is 9.78 Å². The molecule has 1 aliphatic heterocycles. The first kappa shape index (κ1) is 10.8. The smallest absolute Gasteiger partial charge is 0.0823 e. The Morgan fingerprint density at radius 3 is 1.38 bits per heavy atom. The molecule has 0 radical (unpaired) electrons. The van der Waals surface area contributed by atoms with Crippen molar-refractivity contribution in [3.05, 3.63) is 0 Å². The molecular formula is C4H13NO3. The maximum atomic E-state index is 4.57. The van der Waals surface area contributed by atoms with Crippen LogP contribution in [0.25, 0.3) is 0 Å². The highest BCUT2D eigenvalue weighted by Crippen LogP contribution is 1.97. The third-order valence-corrected chi connectivity index (χ3v) is 0.789. The van der Waals surface area contributed by atoms with Crippen LogP contribution in [0.4, 0.5) is 0 Å². The topological polar surface area (TPSA) is 85.0 Å². The zero-order valence-corrected chi connectivity index (χ0v) is 4.85. The molecular weight excluding hydrogens is 110 g/mol. The Labute approximate surface area is 48.6 Å². The van der Waals surface area contributed by atoms with Crippen molar-refractivity contribution in [2.24, 2.45) is 0 Å². The van der Waals surface area contributed by atoms with Gasteiger partial charge in [0.1, 0.15) is 0 Å². The molecule has 1 aliphatic rings. The van der Waals surface area contributed by atoms with Gasteiger partial charge in [0.15, 0.2) is 0 Å². The normalized spacial score (nSPS) is 18.0. The molecule has 0 saturated carbocycles. The molecule has 8 heavy (non-hydrogen) atoms. The summed E-state index contributed by atoms with van der Waals surface area (Å²) in [7, 11) is 0. The molecule has 0 aromatic carbocycles. The molecule has 0 unspecified atom stereocenters. The Morgan fingerprint density at radius 2 is 1.25 bits per heavy atom. The van der Waals surface area contributed by atoms with Gasteiger partial charge in [0.05, 0.1) is 13.2 Å². The monoisotopic (exact) mass is 123 g/mol. The van der Waals surface area contributed by atoms with Crippen molar-refractivity contribution < 1.29 is 15.3 Å². The molecule has 1 fully saturated rings. The summed E-state index contributed by atoms with van der Waals surface area (Å²) in [6, 6.07) is 0. The lowest BCUT2D eigenvalue weighted by Gasteiger charge is -2.07. The molecule has 0 bridgehead atoms. The zero-order chi connectivity index (χ0) is 4.24. The summed E-state index contributed by atoms with van der Waals surface area (Å²) in [5.74, 6) is 0.